The van der Waals surface area contributed by atoms with Crippen LogP contribution < -0.4 is 15.8 Å². The van der Waals surface area contributed by atoms with Crippen LogP contribution in [0, 0.1) is 20.8 Å². The van der Waals surface area contributed by atoms with Crippen molar-refractivity contribution in [3.63, 3.8) is 0 Å². The minimum absolute atomic E-state index is 0.0289. The van der Waals surface area contributed by atoms with Crippen LogP contribution in [0.25, 0.3) is 44.5 Å². The Morgan fingerprint density at radius 3 is 2.26 bits per heavy atom. The molecule has 0 aliphatic carbocycles. The molecule has 5 amide bonds. The molecule has 0 bridgehead atoms. The van der Waals surface area contributed by atoms with Gasteiger partial charge in [0, 0.05) is 87.4 Å². The third-order valence-electron chi connectivity index (χ3n) is 11.6. The summed E-state index contributed by atoms with van der Waals surface area (Å²) in [4.78, 5) is 96.9. The molecule has 0 radical (unpaired) electrons. The fourth-order valence-corrected chi connectivity index (χ4v) is 8.35. The summed E-state index contributed by atoms with van der Waals surface area (Å²) in [6.07, 6.45) is 9.01. The van der Waals surface area contributed by atoms with Crippen LogP contribution in [0.15, 0.2) is 60.8 Å². The van der Waals surface area contributed by atoms with E-state index in [1.807, 2.05) is 55.2 Å². The normalized spacial score (nSPS) is 12.7. The minimum atomic E-state index is -0.716. The first kappa shape index (κ1) is 46.2. The fourth-order valence-electron chi connectivity index (χ4n) is 8.35. The van der Waals surface area contributed by atoms with E-state index < -0.39 is 23.6 Å². The second-order valence-corrected chi connectivity index (χ2v) is 16.3. The van der Waals surface area contributed by atoms with E-state index in [0.29, 0.717) is 71.9 Å². The van der Waals surface area contributed by atoms with Gasteiger partial charge in [0.05, 0.1) is 34.7 Å². The summed E-state index contributed by atoms with van der Waals surface area (Å²) in [6.45, 7) is 11.4. The lowest BCUT2D eigenvalue weighted by Crippen LogP contribution is -2.36. The number of allylic oxidation sites excluding steroid dienone is 2. The molecule has 21 heteroatoms. The van der Waals surface area contributed by atoms with E-state index in [2.05, 4.69) is 20.5 Å². The Hall–Kier alpha value is -8.36. The maximum atomic E-state index is 13.9. The molecular weight excluding hydrogens is 873 g/mol. The standard InChI is InChI=1S/C47H50N14O7/c1-7-60-35(20-27(3)54-60)44-49-25-33-32-24-31(26-62)50-29(5)41(32)58(45(33)52-44)16-9-10-17-59-42-34(51-47(59)53-46(67)36-21-28(4)55-61(36)8-2)22-30(43(48)66)23-37(42)68-19-11-15-56(6)38(63)14-18-57-39(64)12-13-40(57)65/h9-10,12-13,20-26H,7-8,11,14-19H2,1-6H3,(H2,48,66)(H,51,53,67)/b10-9+. The number of nitrogens with one attached hydrogen (secondary N) is 1. The highest BCUT2D eigenvalue weighted by Crippen LogP contribution is 2.33. The van der Waals surface area contributed by atoms with Crippen molar-refractivity contribution in [2.24, 2.45) is 5.73 Å². The second kappa shape index (κ2) is 19.2. The minimum Gasteiger partial charge on any atom is -0.491 e. The van der Waals surface area contributed by atoms with E-state index in [1.165, 1.54) is 29.2 Å². The van der Waals surface area contributed by atoms with Crippen molar-refractivity contribution in [2.75, 3.05) is 32.1 Å². The number of rotatable bonds is 19. The number of aromatic nitrogens is 10. The Labute approximate surface area is 389 Å². The first-order valence-corrected chi connectivity index (χ1v) is 22.1. The van der Waals surface area contributed by atoms with Crippen molar-refractivity contribution in [3.8, 4) is 17.3 Å². The smallest absolute Gasteiger partial charge is 0.276 e. The molecule has 3 N–H and O–H groups in total. The Morgan fingerprint density at radius 1 is 0.853 bits per heavy atom. The first-order valence-electron chi connectivity index (χ1n) is 22.1. The number of primary amides is 1. The van der Waals surface area contributed by atoms with Crippen molar-refractivity contribution in [2.45, 2.75) is 73.6 Å². The summed E-state index contributed by atoms with van der Waals surface area (Å²) >= 11 is 0. The Morgan fingerprint density at radius 2 is 1.56 bits per heavy atom. The van der Waals surface area contributed by atoms with Crippen LogP contribution in [0.4, 0.5) is 5.95 Å². The van der Waals surface area contributed by atoms with E-state index >= 15 is 0 Å². The fraction of sp³-hybridized carbons (Fsp3) is 0.319. The van der Waals surface area contributed by atoms with Crippen LogP contribution in [-0.4, -0.2) is 121 Å². The second-order valence-electron chi connectivity index (χ2n) is 16.3. The Bertz CT molecular complexity index is 3230. The molecule has 0 saturated heterocycles. The number of amides is 5. The van der Waals surface area contributed by atoms with Crippen LogP contribution in [-0.2, 0) is 40.6 Å². The number of benzene rings is 1. The molecule has 1 aromatic carbocycles. The predicted octanol–water partition coefficient (Wildman–Crippen LogP) is 4.32. The summed E-state index contributed by atoms with van der Waals surface area (Å²) in [5, 5.41) is 13.5. The highest BCUT2D eigenvalue weighted by atomic mass is 16.5. The number of pyridine rings is 1. The molecule has 21 nitrogen and oxygen atoms in total. The van der Waals surface area contributed by atoms with Gasteiger partial charge >= 0.3 is 0 Å². The first-order chi connectivity index (χ1) is 32.7. The van der Waals surface area contributed by atoms with Crippen molar-refractivity contribution in [1.82, 2.24) is 58.4 Å². The van der Waals surface area contributed by atoms with Gasteiger partial charge in [0.1, 0.15) is 34.0 Å². The number of hydrogen-bond donors (Lipinski definition) is 2. The lowest BCUT2D eigenvalue weighted by atomic mass is 10.1. The molecule has 8 rings (SSSR count). The third kappa shape index (κ3) is 9.09. The van der Waals surface area contributed by atoms with Crippen molar-refractivity contribution >= 4 is 74.7 Å². The summed E-state index contributed by atoms with van der Waals surface area (Å²) in [7, 11) is 1.62. The molecule has 7 aromatic rings. The van der Waals surface area contributed by atoms with Gasteiger partial charge in [-0.25, -0.2) is 19.9 Å². The lowest BCUT2D eigenvalue weighted by molar-refractivity contribution is -0.138. The number of aldehydes is 1. The monoisotopic (exact) mass is 922 g/mol. The number of aryl methyl sites for hydroxylation is 5. The number of imide groups is 1. The summed E-state index contributed by atoms with van der Waals surface area (Å²) in [6, 6.07) is 8.40. The molecule has 0 atom stereocenters. The average Bonchev–Trinajstić information content (AvgIpc) is 4.14. The SMILES string of the molecule is CCn1nc(C)cc1C(=O)Nc1nc2cc(C(N)=O)cc(OCCCN(C)C(=O)CCN3C(=O)C=CC3=O)c2n1C/C=C/Cn1c2nc(-c3cc(C)nn3CC)ncc2c2cc(C=O)nc(C)c21. The van der Waals surface area contributed by atoms with Crippen molar-refractivity contribution in [3.05, 3.63) is 94.9 Å². The zero-order chi connectivity index (χ0) is 48.4. The van der Waals surface area contributed by atoms with Gasteiger partial charge in [0.2, 0.25) is 17.8 Å². The number of anilines is 1. The van der Waals surface area contributed by atoms with Gasteiger partial charge < -0.3 is 24.5 Å². The van der Waals surface area contributed by atoms with Gasteiger partial charge in [-0.3, -0.25) is 48.3 Å². The van der Waals surface area contributed by atoms with Crippen LogP contribution >= 0.6 is 0 Å². The van der Waals surface area contributed by atoms with Crippen LogP contribution in [0.1, 0.15) is 75.1 Å². The van der Waals surface area contributed by atoms with Crippen LogP contribution in [0.5, 0.6) is 5.75 Å². The predicted molar refractivity (Wildman–Crippen MR) is 251 cm³/mol. The maximum absolute atomic E-state index is 13.9. The van der Waals surface area contributed by atoms with Crippen LogP contribution in [0.3, 0.4) is 0 Å². The number of ether oxygens (including phenoxy) is 1. The number of imidazole rings is 1. The van der Waals surface area contributed by atoms with Gasteiger partial charge in [-0.1, -0.05) is 12.2 Å². The molecule has 68 heavy (non-hydrogen) atoms. The summed E-state index contributed by atoms with van der Waals surface area (Å²) in [5.41, 5.74) is 11.6. The average molecular weight is 923 g/mol. The van der Waals surface area contributed by atoms with Gasteiger partial charge in [-0.2, -0.15) is 10.2 Å². The summed E-state index contributed by atoms with van der Waals surface area (Å²) in [5.74, 6) is -1.41. The van der Waals surface area contributed by atoms with E-state index in [9.17, 15) is 28.8 Å². The number of carbonyl (C=O) groups is 6. The largest absolute Gasteiger partial charge is 0.491 e. The third-order valence-corrected chi connectivity index (χ3v) is 11.6. The number of hydrogen-bond acceptors (Lipinski definition) is 13. The summed E-state index contributed by atoms with van der Waals surface area (Å²) < 4.78 is 13.6. The topological polar surface area (TPSA) is 253 Å². The van der Waals surface area contributed by atoms with E-state index in [-0.39, 0.29) is 61.5 Å². The number of fused-ring (bicyclic) bond motifs is 4. The Balaban J connectivity index is 1.11. The van der Waals surface area contributed by atoms with Gasteiger partial charge in [0.15, 0.2) is 12.1 Å². The molecule has 0 saturated carbocycles. The molecule has 1 aliphatic heterocycles. The quantitative estimate of drug-likeness (QED) is 0.0497. The Kier molecular flexibility index (Phi) is 13.1. The van der Waals surface area contributed by atoms with Gasteiger partial charge in [-0.15, -0.1) is 0 Å². The number of carbonyl (C=O) groups excluding carboxylic acids is 6. The molecule has 0 spiro atoms. The van der Waals surface area contributed by atoms with Crippen molar-refractivity contribution < 1.29 is 33.5 Å². The number of nitrogens with two attached hydrogens (primary N) is 1. The van der Waals surface area contributed by atoms with Crippen LogP contribution in [0.2, 0.25) is 0 Å². The number of nitrogens with zero attached hydrogens (tertiary/aromatic N) is 12. The highest BCUT2D eigenvalue weighted by molar-refractivity contribution is 6.13. The molecule has 1 aliphatic rings. The maximum Gasteiger partial charge on any atom is 0.276 e. The van der Waals surface area contributed by atoms with Crippen molar-refractivity contribution in [1.29, 1.82) is 0 Å². The zero-order valence-corrected chi connectivity index (χ0v) is 38.5. The van der Waals surface area contributed by atoms with E-state index in [1.54, 1.807) is 41.5 Å². The molecule has 350 valence electrons. The zero-order valence-electron chi connectivity index (χ0n) is 38.5. The molecule has 0 fully saturated rings. The van der Waals surface area contributed by atoms with Gasteiger partial charge in [0.25, 0.3) is 17.7 Å². The van der Waals surface area contributed by atoms with E-state index in [0.717, 1.165) is 32.6 Å². The molecule has 7 heterocycles. The van der Waals surface area contributed by atoms with Gasteiger partial charge in [-0.05, 0) is 71.4 Å². The van der Waals surface area contributed by atoms with E-state index in [4.69, 9.17) is 25.4 Å². The molecule has 6 aromatic heterocycles. The molecular formula is C47H50N14O7. The molecule has 0 unspecified atom stereocenters. The lowest BCUT2D eigenvalue weighted by Gasteiger charge is -2.19. The highest BCUT2D eigenvalue weighted by Gasteiger charge is 2.26.